The number of amides is 1. The van der Waals surface area contributed by atoms with E-state index in [0.29, 0.717) is 18.2 Å². The lowest BCUT2D eigenvalue weighted by atomic mass is 9.96. The molecule has 7 heteroatoms. The van der Waals surface area contributed by atoms with E-state index >= 15 is 0 Å². The van der Waals surface area contributed by atoms with Crippen LogP contribution in [0.25, 0.3) is 5.65 Å². The van der Waals surface area contributed by atoms with Gasteiger partial charge in [-0.2, -0.15) is 5.10 Å². The summed E-state index contributed by atoms with van der Waals surface area (Å²) in [6.07, 6.45) is 3.33. The molecule has 3 rings (SSSR count). The first-order valence-electron chi connectivity index (χ1n) is 9.93. The lowest BCUT2D eigenvalue weighted by molar-refractivity contribution is 0.0926. The van der Waals surface area contributed by atoms with Crippen LogP contribution in [0, 0.1) is 5.92 Å². The molecule has 1 aliphatic heterocycles. The molecule has 148 valence electrons. The molecule has 1 fully saturated rings. The number of rotatable bonds is 8. The number of methoxy groups -OCH3 is 1. The van der Waals surface area contributed by atoms with Crippen molar-refractivity contribution in [1.82, 2.24) is 24.8 Å². The lowest BCUT2D eigenvalue weighted by Crippen LogP contribution is -2.39. The summed E-state index contributed by atoms with van der Waals surface area (Å²) in [7, 11) is 1.75. The molecule has 7 nitrogen and oxygen atoms in total. The number of aromatic nitrogens is 3. The van der Waals surface area contributed by atoms with Crippen LogP contribution in [0.5, 0.6) is 0 Å². The van der Waals surface area contributed by atoms with Crippen LogP contribution >= 0.6 is 0 Å². The summed E-state index contributed by atoms with van der Waals surface area (Å²) >= 11 is 0. The summed E-state index contributed by atoms with van der Waals surface area (Å²) in [5.74, 6) is 1.45. The van der Waals surface area contributed by atoms with Crippen LogP contribution < -0.4 is 5.32 Å². The van der Waals surface area contributed by atoms with Gasteiger partial charge in [0.15, 0.2) is 11.5 Å². The third kappa shape index (κ3) is 5.05. The highest BCUT2D eigenvalue weighted by molar-refractivity contribution is 5.93. The Labute approximate surface area is 161 Å². The molecule has 27 heavy (non-hydrogen) atoms. The summed E-state index contributed by atoms with van der Waals surface area (Å²) in [5.41, 5.74) is 1.26. The fourth-order valence-corrected chi connectivity index (χ4v) is 3.51. The van der Waals surface area contributed by atoms with Crippen molar-refractivity contribution in [2.45, 2.75) is 39.0 Å². The quantitative estimate of drug-likeness (QED) is 0.719. The van der Waals surface area contributed by atoms with Crippen molar-refractivity contribution in [1.29, 1.82) is 0 Å². The standard InChI is InChI=1S/C20H31N5O2/c1-15(2)19-22-18-7-4-6-17(25(18)23-19)20(26)21-14-16-8-11-24(12-9-16)10-5-13-27-3/h4,6-7,15-16H,5,8-14H2,1-3H3,(H,21,26). The minimum atomic E-state index is -0.0802. The second kappa shape index (κ2) is 9.28. The van der Waals surface area contributed by atoms with Gasteiger partial charge in [-0.15, -0.1) is 0 Å². The van der Waals surface area contributed by atoms with Gasteiger partial charge >= 0.3 is 0 Å². The number of ether oxygens (including phenoxy) is 1. The molecular formula is C20H31N5O2. The Kier molecular flexibility index (Phi) is 6.79. The molecule has 0 unspecified atom stereocenters. The van der Waals surface area contributed by atoms with Crippen molar-refractivity contribution in [2.24, 2.45) is 5.92 Å². The average molecular weight is 374 g/mol. The van der Waals surface area contributed by atoms with Gasteiger partial charge in [0, 0.05) is 32.7 Å². The van der Waals surface area contributed by atoms with Crippen LogP contribution in [0.15, 0.2) is 18.2 Å². The molecule has 1 N–H and O–H groups in total. The van der Waals surface area contributed by atoms with Gasteiger partial charge < -0.3 is 15.0 Å². The van der Waals surface area contributed by atoms with E-state index in [1.54, 1.807) is 17.7 Å². The minimum absolute atomic E-state index is 0.0802. The Bertz CT molecular complexity index is 750. The topological polar surface area (TPSA) is 71.8 Å². The normalized spacial score (nSPS) is 16.3. The number of carbonyl (C=O) groups is 1. The van der Waals surface area contributed by atoms with Crippen LogP contribution in [0.4, 0.5) is 0 Å². The summed E-state index contributed by atoms with van der Waals surface area (Å²) in [6, 6.07) is 5.55. The van der Waals surface area contributed by atoms with Crippen LogP contribution in [-0.2, 0) is 4.74 Å². The van der Waals surface area contributed by atoms with E-state index in [0.717, 1.165) is 57.0 Å². The first-order valence-corrected chi connectivity index (χ1v) is 9.93. The number of likely N-dealkylation sites (tertiary alicyclic amines) is 1. The number of nitrogens with one attached hydrogen (secondary N) is 1. The van der Waals surface area contributed by atoms with Crippen LogP contribution in [0.3, 0.4) is 0 Å². The van der Waals surface area contributed by atoms with Crippen LogP contribution in [0.1, 0.15) is 55.3 Å². The molecule has 0 aromatic carbocycles. The highest BCUT2D eigenvalue weighted by Crippen LogP contribution is 2.17. The van der Waals surface area contributed by atoms with Crippen LogP contribution in [-0.4, -0.2) is 65.3 Å². The minimum Gasteiger partial charge on any atom is -0.385 e. The third-order valence-corrected chi connectivity index (χ3v) is 5.21. The predicted molar refractivity (Wildman–Crippen MR) is 105 cm³/mol. The van der Waals surface area contributed by atoms with E-state index in [1.807, 2.05) is 12.1 Å². The number of carbonyl (C=O) groups excluding carboxylic acids is 1. The van der Waals surface area contributed by atoms with E-state index in [9.17, 15) is 4.79 Å². The molecule has 0 saturated carbocycles. The fourth-order valence-electron chi connectivity index (χ4n) is 3.51. The zero-order chi connectivity index (χ0) is 19.2. The summed E-state index contributed by atoms with van der Waals surface area (Å²) in [5, 5.41) is 7.60. The summed E-state index contributed by atoms with van der Waals surface area (Å²) < 4.78 is 6.78. The first-order chi connectivity index (χ1) is 13.1. The SMILES string of the molecule is COCCCN1CCC(CNC(=O)c2cccc3nc(C(C)C)nn23)CC1. The number of nitrogens with zero attached hydrogens (tertiary/aromatic N) is 4. The zero-order valence-corrected chi connectivity index (χ0v) is 16.6. The largest absolute Gasteiger partial charge is 0.385 e. The van der Waals surface area contributed by atoms with Gasteiger partial charge in [0.2, 0.25) is 0 Å². The van der Waals surface area contributed by atoms with Crippen molar-refractivity contribution >= 4 is 11.6 Å². The number of piperidine rings is 1. The maximum Gasteiger partial charge on any atom is 0.270 e. The predicted octanol–water partition coefficient (Wildman–Crippen LogP) is 2.33. The third-order valence-electron chi connectivity index (χ3n) is 5.21. The molecule has 0 bridgehead atoms. The Morgan fingerprint density at radius 2 is 2.11 bits per heavy atom. The van der Waals surface area contributed by atoms with Crippen LogP contribution in [0.2, 0.25) is 0 Å². The van der Waals surface area contributed by atoms with Crippen molar-refractivity contribution in [3.63, 3.8) is 0 Å². The number of hydrogen-bond donors (Lipinski definition) is 1. The van der Waals surface area contributed by atoms with Gasteiger partial charge in [-0.1, -0.05) is 19.9 Å². The van der Waals surface area contributed by atoms with Crippen molar-refractivity contribution in [3.05, 3.63) is 29.7 Å². The van der Waals surface area contributed by atoms with Gasteiger partial charge in [-0.05, 0) is 50.4 Å². The monoisotopic (exact) mass is 373 g/mol. The van der Waals surface area contributed by atoms with E-state index in [2.05, 4.69) is 34.1 Å². The Balaban J connectivity index is 1.52. The molecule has 1 saturated heterocycles. The number of pyridine rings is 1. The Morgan fingerprint density at radius 3 is 2.81 bits per heavy atom. The highest BCUT2D eigenvalue weighted by Gasteiger charge is 2.20. The molecular weight excluding hydrogens is 342 g/mol. The maximum absolute atomic E-state index is 12.7. The average Bonchev–Trinajstić information content (AvgIpc) is 3.12. The molecule has 3 heterocycles. The Morgan fingerprint density at radius 1 is 1.33 bits per heavy atom. The molecule has 0 atom stereocenters. The first kappa shape index (κ1) is 19.8. The zero-order valence-electron chi connectivity index (χ0n) is 16.6. The van der Waals surface area contributed by atoms with Crippen molar-refractivity contribution in [2.75, 3.05) is 39.9 Å². The summed E-state index contributed by atoms with van der Waals surface area (Å²) in [6.45, 7) is 8.93. The highest BCUT2D eigenvalue weighted by atomic mass is 16.5. The smallest absolute Gasteiger partial charge is 0.270 e. The fraction of sp³-hybridized carbons (Fsp3) is 0.650. The van der Waals surface area contributed by atoms with Gasteiger partial charge in [-0.3, -0.25) is 4.79 Å². The number of fused-ring (bicyclic) bond motifs is 1. The molecule has 0 spiro atoms. The molecule has 0 aliphatic carbocycles. The van der Waals surface area contributed by atoms with Gasteiger partial charge in [0.1, 0.15) is 5.69 Å². The molecule has 1 aliphatic rings. The van der Waals surface area contributed by atoms with E-state index in [4.69, 9.17) is 4.74 Å². The molecule has 2 aromatic heterocycles. The second-order valence-electron chi connectivity index (χ2n) is 7.65. The van der Waals surface area contributed by atoms with E-state index in [1.165, 1.54) is 0 Å². The lowest BCUT2D eigenvalue weighted by Gasteiger charge is -2.31. The molecule has 2 aromatic rings. The van der Waals surface area contributed by atoms with Gasteiger partial charge in [0.05, 0.1) is 0 Å². The maximum atomic E-state index is 12.7. The van der Waals surface area contributed by atoms with Gasteiger partial charge in [-0.25, -0.2) is 9.50 Å². The second-order valence-corrected chi connectivity index (χ2v) is 7.65. The van der Waals surface area contributed by atoms with Gasteiger partial charge in [0.25, 0.3) is 5.91 Å². The van der Waals surface area contributed by atoms with E-state index in [-0.39, 0.29) is 11.8 Å². The van der Waals surface area contributed by atoms with E-state index < -0.39 is 0 Å². The summed E-state index contributed by atoms with van der Waals surface area (Å²) in [4.78, 5) is 19.7. The molecule has 0 radical (unpaired) electrons. The van der Waals surface area contributed by atoms with Crippen molar-refractivity contribution < 1.29 is 9.53 Å². The number of hydrogen-bond acceptors (Lipinski definition) is 5. The van der Waals surface area contributed by atoms with Crippen molar-refractivity contribution in [3.8, 4) is 0 Å². The molecule has 1 amide bonds. The Hall–Kier alpha value is -1.99.